The maximum Gasteiger partial charge on any atom is 0.321 e. The van der Waals surface area contributed by atoms with Gasteiger partial charge in [-0.2, -0.15) is 0 Å². The van der Waals surface area contributed by atoms with E-state index in [0.717, 1.165) is 65.0 Å². The average Bonchev–Trinajstić information content (AvgIpc) is 2.76. The van der Waals surface area contributed by atoms with Gasteiger partial charge in [0, 0.05) is 38.3 Å². The molecular formula is C21H31FN4O3. The van der Waals surface area contributed by atoms with E-state index in [1.54, 1.807) is 4.90 Å². The minimum atomic E-state index is -0.602. The SMILES string of the molecule is O=C(NCCCCN1CCOCC1)c1ccc(NC(=O)N2CCCCC2)c(F)c1. The highest BCUT2D eigenvalue weighted by Crippen LogP contribution is 2.18. The van der Waals surface area contributed by atoms with E-state index in [1.807, 2.05) is 0 Å². The number of benzene rings is 1. The third-order valence-corrected chi connectivity index (χ3v) is 5.41. The van der Waals surface area contributed by atoms with Gasteiger partial charge >= 0.3 is 6.03 Å². The van der Waals surface area contributed by atoms with Gasteiger partial charge in [-0.3, -0.25) is 9.69 Å². The number of likely N-dealkylation sites (tertiary alicyclic amines) is 1. The van der Waals surface area contributed by atoms with Gasteiger partial charge in [-0.25, -0.2) is 9.18 Å². The molecule has 0 aliphatic carbocycles. The number of hydrogen-bond donors (Lipinski definition) is 2. The van der Waals surface area contributed by atoms with Crippen LogP contribution in [0.15, 0.2) is 18.2 Å². The Kier molecular flexibility index (Phi) is 8.25. The number of nitrogens with zero attached hydrogens (tertiary/aromatic N) is 2. The minimum Gasteiger partial charge on any atom is -0.379 e. The number of piperidine rings is 1. The normalized spacial score (nSPS) is 17.8. The molecule has 2 aliphatic heterocycles. The first-order valence-electron chi connectivity index (χ1n) is 10.6. The van der Waals surface area contributed by atoms with Crippen LogP contribution in [0.5, 0.6) is 0 Å². The lowest BCUT2D eigenvalue weighted by atomic mass is 10.1. The summed E-state index contributed by atoms with van der Waals surface area (Å²) in [5.74, 6) is -0.903. The van der Waals surface area contributed by atoms with Crippen LogP contribution >= 0.6 is 0 Å². The number of urea groups is 1. The number of halogens is 1. The van der Waals surface area contributed by atoms with Gasteiger partial charge in [0.05, 0.1) is 18.9 Å². The van der Waals surface area contributed by atoms with Gasteiger partial charge in [0.1, 0.15) is 5.82 Å². The summed E-state index contributed by atoms with van der Waals surface area (Å²) in [6, 6.07) is 3.87. The monoisotopic (exact) mass is 406 g/mol. The Balaban J connectivity index is 1.40. The molecule has 2 aliphatic rings. The summed E-state index contributed by atoms with van der Waals surface area (Å²) in [4.78, 5) is 28.5. The molecule has 2 saturated heterocycles. The zero-order chi connectivity index (χ0) is 20.5. The molecule has 0 spiro atoms. The molecule has 1 aromatic carbocycles. The fourth-order valence-electron chi connectivity index (χ4n) is 3.64. The van der Waals surface area contributed by atoms with Crippen LogP contribution < -0.4 is 10.6 Å². The summed E-state index contributed by atoms with van der Waals surface area (Å²) in [6.45, 7) is 6.45. The van der Waals surface area contributed by atoms with Crippen LogP contribution in [-0.2, 0) is 4.74 Å². The number of nitrogens with one attached hydrogen (secondary N) is 2. The molecule has 0 atom stereocenters. The van der Waals surface area contributed by atoms with Crippen LogP contribution in [-0.4, -0.2) is 74.2 Å². The van der Waals surface area contributed by atoms with Crippen molar-refractivity contribution in [3.63, 3.8) is 0 Å². The zero-order valence-electron chi connectivity index (χ0n) is 16.9. The molecule has 2 N–H and O–H groups in total. The van der Waals surface area contributed by atoms with Gasteiger partial charge in [-0.1, -0.05) is 0 Å². The first kappa shape index (κ1) is 21.5. The van der Waals surface area contributed by atoms with Crippen LogP contribution in [0, 0.1) is 5.82 Å². The topological polar surface area (TPSA) is 73.9 Å². The number of anilines is 1. The van der Waals surface area contributed by atoms with Crippen molar-refractivity contribution < 1.29 is 18.7 Å². The minimum absolute atomic E-state index is 0.0997. The van der Waals surface area contributed by atoms with E-state index in [2.05, 4.69) is 15.5 Å². The number of rotatable bonds is 7. The third-order valence-electron chi connectivity index (χ3n) is 5.41. The zero-order valence-corrected chi connectivity index (χ0v) is 16.9. The van der Waals surface area contributed by atoms with Gasteiger partial charge in [-0.05, 0) is 56.8 Å². The molecule has 2 fully saturated rings. The number of morpholine rings is 1. The third kappa shape index (κ3) is 6.68. The van der Waals surface area contributed by atoms with E-state index >= 15 is 0 Å². The molecular weight excluding hydrogens is 375 g/mol. The molecule has 0 aromatic heterocycles. The van der Waals surface area contributed by atoms with Crippen molar-refractivity contribution in [3.8, 4) is 0 Å². The molecule has 29 heavy (non-hydrogen) atoms. The van der Waals surface area contributed by atoms with E-state index in [-0.39, 0.29) is 23.2 Å². The summed E-state index contributed by atoms with van der Waals surface area (Å²) in [5.41, 5.74) is 0.356. The Morgan fingerprint density at radius 3 is 2.52 bits per heavy atom. The fourth-order valence-corrected chi connectivity index (χ4v) is 3.64. The van der Waals surface area contributed by atoms with Crippen molar-refractivity contribution in [1.29, 1.82) is 0 Å². The van der Waals surface area contributed by atoms with Crippen molar-refractivity contribution in [3.05, 3.63) is 29.6 Å². The standard InChI is InChI=1S/C21H31FN4O3/c22-18-16-17(6-7-19(18)24-21(28)26-10-3-1-4-11-26)20(27)23-8-2-5-9-25-12-14-29-15-13-25/h6-7,16H,1-5,8-15H2,(H,23,27)(H,24,28). The number of carbonyl (C=O) groups is 2. The molecule has 1 aromatic rings. The second kappa shape index (κ2) is 11.1. The maximum atomic E-state index is 14.4. The summed E-state index contributed by atoms with van der Waals surface area (Å²) < 4.78 is 19.7. The summed E-state index contributed by atoms with van der Waals surface area (Å²) in [6.07, 6.45) is 4.93. The number of amides is 3. The Hall–Kier alpha value is -2.19. The van der Waals surface area contributed by atoms with Crippen LogP contribution in [0.2, 0.25) is 0 Å². The molecule has 0 radical (unpaired) electrons. The largest absolute Gasteiger partial charge is 0.379 e. The second-order valence-electron chi connectivity index (χ2n) is 7.59. The van der Waals surface area contributed by atoms with Crippen LogP contribution in [0.1, 0.15) is 42.5 Å². The molecule has 0 saturated carbocycles. The Labute approximate surface area is 171 Å². The molecule has 160 valence electrons. The summed E-state index contributed by atoms with van der Waals surface area (Å²) >= 11 is 0. The number of carbonyl (C=O) groups excluding carboxylic acids is 2. The summed E-state index contributed by atoms with van der Waals surface area (Å²) in [5, 5.41) is 5.44. The van der Waals surface area contributed by atoms with Crippen molar-refractivity contribution in [1.82, 2.24) is 15.1 Å². The first-order valence-corrected chi connectivity index (χ1v) is 10.6. The lowest BCUT2D eigenvalue weighted by Crippen LogP contribution is -2.38. The predicted molar refractivity (Wildman–Crippen MR) is 110 cm³/mol. The number of unbranched alkanes of at least 4 members (excludes halogenated alkanes) is 1. The highest BCUT2D eigenvalue weighted by atomic mass is 19.1. The van der Waals surface area contributed by atoms with Crippen molar-refractivity contribution in [2.75, 3.05) is 57.8 Å². The van der Waals surface area contributed by atoms with E-state index in [1.165, 1.54) is 18.2 Å². The smallest absolute Gasteiger partial charge is 0.321 e. The van der Waals surface area contributed by atoms with Crippen molar-refractivity contribution in [2.45, 2.75) is 32.1 Å². The van der Waals surface area contributed by atoms with Crippen LogP contribution in [0.25, 0.3) is 0 Å². The van der Waals surface area contributed by atoms with Gasteiger partial charge in [0.15, 0.2) is 0 Å². The van der Waals surface area contributed by atoms with Gasteiger partial charge in [0.25, 0.3) is 5.91 Å². The number of hydrogen-bond acceptors (Lipinski definition) is 4. The molecule has 0 bridgehead atoms. The average molecular weight is 407 g/mol. The molecule has 0 unspecified atom stereocenters. The number of ether oxygens (including phenoxy) is 1. The Morgan fingerprint density at radius 2 is 1.79 bits per heavy atom. The van der Waals surface area contributed by atoms with E-state index < -0.39 is 5.82 Å². The Bertz CT molecular complexity index is 689. The quantitative estimate of drug-likeness (QED) is 0.683. The van der Waals surface area contributed by atoms with Crippen molar-refractivity contribution in [2.24, 2.45) is 0 Å². The molecule has 3 rings (SSSR count). The summed E-state index contributed by atoms with van der Waals surface area (Å²) in [7, 11) is 0. The van der Waals surface area contributed by atoms with Crippen LogP contribution in [0.4, 0.5) is 14.9 Å². The lowest BCUT2D eigenvalue weighted by Gasteiger charge is -2.26. The van der Waals surface area contributed by atoms with Crippen molar-refractivity contribution >= 4 is 17.6 Å². The molecule has 8 heteroatoms. The van der Waals surface area contributed by atoms with E-state index in [4.69, 9.17) is 4.74 Å². The lowest BCUT2D eigenvalue weighted by molar-refractivity contribution is 0.0372. The van der Waals surface area contributed by atoms with E-state index in [9.17, 15) is 14.0 Å². The predicted octanol–water partition coefficient (Wildman–Crippen LogP) is 2.69. The van der Waals surface area contributed by atoms with Crippen LogP contribution in [0.3, 0.4) is 0 Å². The first-order chi connectivity index (χ1) is 14.1. The van der Waals surface area contributed by atoms with E-state index in [0.29, 0.717) is 19.6 Å². The second-order valence-corrected chi connectivity index (χ2v) is 7.59. The highest BCUT2D eigenvalue weighted by Gasteiger charge is 2.18. The van der Waals surface area contributed by atoms with Gasteiger partial charge in [-0.15, -0.1) is 0 Å². The van der Waals surface area contributed by atoms with Gasteiger partial charge < -0.3 is 20.3 Å². The fraction of sp³-hybridized carbons (Fsp3) is 0.619. The molecule has 7 nitrogen and oxygen atoms in total. The Morgan fingerprint density at radius 1 is 1.03 bits per heavy atom. The molecule has 2 heterocycles. The molecule has 3 amide bonds. The highest BCUT2D eigenvalue weighted by molar-refractivity contribution is 5.95. The maximum absolute atomic E-state index is 14.4. The van der Waals surface area contributed by atoms with Gasteiger partial charge in [0.2, 0.25) is 0 Å².